The Morgan fingerprint density at radius 2 is 2.38 bits per heavy atom. The van der Waals surface area contributed by atoms with Crippen LogP contribution >= 0.6 is 0 Å². The van der Waals surface area contributed by atoms with Gasteiger partial charge < -0.3 is 10.2 Å². The van der Waals surface area contributed by atoms with Gasteiger partial charge in [-0.2, -0.15) is 0 Å². The second kappa shape index (κ2) is 5.26. The standard InChI is InChI=1S/C11H20N2/c1-4-5-7-12-11-6-8-13(3)10(2)9-11/h1,10-12H,5-9H2,2-3H3. The van der Waals surface area contributed by atoms with Crippen LogP contribution in [0.2, 0.25) is 0 Å². The molecule has 0 bridgehead atoms. The Labute approximate surface area is 81.7 Å². The maximum atomic E-state index is 5.20. The number of piperidine rings is 1. The van der Waals surface area contributed by atoms with Crippen molar-refractivity contribution in [3.8, 4) is 12.3 Å². The average Bonchev–Trinajstić information content (AvgIpc) is 2.12. The number of rotatable bonds is 3. The van der Waals surface area contributed by atoms with Crippen molar-refractivity contribution < 1.29 is 0 Å². The Hall–Kier alpha value is -0.520. The first kappa shape index (κ1) is 10.6. The minimum Gasteiger partial charge on any atom is -0.313 e. The predicted octanol–water partition coefficient (Wildman–Crippen LogP) is 1.08. The zero-order valence-electron chi connectivity index (χ0n) is 8.71. The lowest BCUT2D eigenvalue weighted by atomic mass is 9.99. The van der Waals surface area contributed by atoms with Gasteiger partial charge in [0.05, 0.1) is 0 Å². The Bertz CT molecular complexity index is 183. The molecule has 1 rings (SSSR count). The van der Waals surface area contributed by atoms with Gasteiger partial charge in [0.25, 0.3) is 0 Å². The first-order valence-corrected chi connectivity index (χ1v) is 5.11. The van der Waals surface area contributed by atoms with Crippen molar-refractivity contribution in [1.82, 2.24) is 10.2 Å². The van der Waals surface area contributed by atoms with Gasteiger partial charge in [-0.15, -0.1) is 12.3 Å². The molecule has 0 amide bonds. The molecule has 13 heavy (non-hydrogen) atoms. The molecule has 0 aromatic heterocycles. The molecule has 0 spiro atoms. The van der Waals surface area contributed by atoms with Crippen LogP contribution in [0.3, 0.4) is 0 Å². The van der Waals surface area contributed by atoms with Crippen molar-refractivity contribution in [2.45, 2.75) is 38.3 Å². The molecule has 1 fully saturated rings. The molecule has 1 N–H and O–H groups in total. The maximum absolute atomic E-state index is 5.20. The largest absolute Gasteiger partial charge is 0.313 e. The second-order valence-corrected chi connectivity index (χ2v) is 3.96. The molecule has 0 saturated carbocycles. The summed E-state index contributed by atoms with van der Waals surface area (Å²) in [5.41, 5.74) is 0. The number of hydrogen-bond acceptors (Lipinski definition) is 2. The Kier molecular flexibility index (Phi) is 4.27. The Balaban J connectivity index is 2.18. The van der Waals surface area contributed by atoms with Gasteiger partial charge in [0.1, 0.15) is 0 Å². The van der Waals surface area contributed by atoms with E-state index < -0.39 is 0 Å². The van der Waals surface area contributed by atoms with Gasteiger partial charge in [-0.3, -0.25) is 0 Å². The number of hydrogen-bond donors (Lipinski definition) is 1. The highest BCUT2D eigenvalue weighted by Gasteiger charge is 2.21. The van der Waals surface area contributed by atoms with E-state index in [1.165, 1.54) is 19.4 Å². The average molecular weight is 180 g/mol. The van der Waals surface area contributed by atoms with Gasteiger partial charge in [-0.25, -0.2) is 0 Å². The van der Waals surface area contributed by atoms with Crippen LogP contribution in [-0.4, -0.2) is 37.1 Å². The molecule has 1 aliphatic heterocycles. The monoisotopic (exact) mass is 180 g/mol. The van der Waals surface area contributed by atoms with Crippen LogP contribution in [0.15, 0.2) is 0 Å². The van der Waals surface area contributed by atoms with E-state index in [1.54, 1.807) is 0 Å². The van der Waals surface area contributed by atoms with Gasteiger partial charge in [-0.05, 0) is 33.4 Å². The third-order valence-corrected chi connectivity index (χ3v) is 2.91. The minimum absolute atomic E-state index is 0.680. The molecule has 1 heterocycles. The van der Waals surface area contributed by atoms with E-state index in [1.807, 2.05) is 0 Å². The molecule has 2 unspecified atom stereocenters. The van der Waals surface area contributed by atoms with E-state index >= 15 is 0 Å². The molecule has 1 aliphatic rings. The van der Waals surface area contributed by atoms with Crippen molar-refractivity contribution in [1.29, 1.82) is 0 Å². The highest BCUT2D eigenvalue weighted by molar-refractivity contribution is 4.86. The molecular formula is C11H20N2. The third-order valence-electron chi connectivity index (χ3n) is 2.91. The van der Waals surface area contributed by atoms with E-state index in [9.17, 15) is 0 Å². The minimum atomic E-state index is 0.680. The molecule has 2 heteroatoms. The highest BCUT2D eigenvalue weighted by Crippen LogP contribution is 2.14. The normalized spacial score (nSPS) is 29.9. The lowest BCUT2D eigenvalue weighted by Gasteiger charge is -2.35. The first-order valence-electron chi connectivity index (χ1n) is 5.11. The van der Waals surface area contributed by atoms with Crippen molar-refractivity contribution in [2.24, 2.45) is 0 Å². The van der Waals surface area contributed by atoms with E-state index in [4.69, 9.17) is 6.42 Å². The van der Waals surface area contributed by atoms with Crippen LogP contribution in [0.5, 0.6) is 0 Å². The smallest absolute Gasteiger partial charge is 0.0211 e. The molecule has 0 aliphatic carbocycles. The van der Waals surface area contributed by atoms with E-state index in [0.29, 0.717) is 12.1 Å². The summed E-state index contributed by atoms with van der Waals surface area (Å²) in [6.45, 7) is 4.46. The zero-order chi connectivity index (χ0) is 9.68. The molecule has 2 atom stereocenters. The lowest BCUT2D eigenvalue weighted by molar-refractivity contribution is 0.169. The number of terminal acetylenes is 1. The fourth-order valence-electron chi connectivity index (χ4n) is 1.82. The van der Waals surface area contributed by atoms with E-state index in [-0.39, 0.29) is 0 Å². The third kappa shape index (κ3) is 3.38. The number of nitrogens with one attached hydrogen (secondary N) is 1. The summed E-state index contributed by atoms with van der Waals surface area (Å²) in [5, 5.41) is 3.50. The Morgan fingerprint density at radius 3 is 3.00 bits per heavy atom. The quantitative estimate of drug-likeness (QED) is 0.516. The summed E-state index contributed by atoms with van der Waals surface area (Å²) in [4.78, 5) is 2.42. The molecule has 0 aromatic rings. The highest BCUT2D eigenvalue weighted by atomic mass is 15.1. The van der Waals surface area contributed by atoms with Gasteiger partial charge in [0.15, 0.2) is 0 Å². The van der Waals surface area contributed by atoms with Crippen LogP contribution in [0, 0.1) is 12.3 Å². The first-order chi connectivity index (χ1) is 6.24. The van der Waals surface area contributed by atoms with Gasteiger partial charge >= 0.3 is 0 Å². The van der Waals surface area contributed by atoms with Crippen molar-refractivity contribution >= 4 is 0 Å². The molecule has 0 aromatic carbocycles. The Morgan fingerprint density at radius 1 is 1.62 bits per heavy atom. The second-order valence-electron chi connectivity index (χ2n) is 3.96. The molecule has 74 valence electrons. The lowest BCUT2D eigenvalue weighted by Crippen LogP contribution is -2.45. The van der Waals surface area contributed by atoms with Crippen LogP contribution < -0.4 is 5.32 Å². The summed E-state index contributed by atoms with van der Waals surface area (Å²) in [6.07, 6.45) is 8.55. The fourth-order valence-corrected chi connectivity index (χ4v) is 1.82. The summed E-state index contributed by atoms with van der Waals surface area (Å²) in [5.74, 6) is 2.65. The predicted molar refractivity (Wildman–Crippen MR) is 56.6 cm³/mol. The molecule has 0 radical (unpaired) electrons. The van der Waals surface area contributed by atoms with Crippen LogP contribution in [0.25, 0.3) is 0 Å². The van der Waals surface area contributed by atoms with Crippen molar-refractivity contribution in [3.05, 3.63) is 0 Å². The maximum Gasteiger partial charge on any atom is 0.0211 e. The van der Waals surface area contributed by atoms with E-state index in [0.717, 1.165) is 13.0 Å². The van der Waals surface area contributed by atoms with E-state index in [2.05, 4.69) is 30.1 Å². The van der Waals surface area contributed by atoms with Crippen molar-refractivity contribution in [3.63, 3.8) is 0 Å². The summed E-state index contributed by atoms with van der Waals surface area (Å²) >= 11 is 0. The fraction of sp³-hybridized carbons (Fsp3) is 0.818. The molecule has 1 saturated heterocycles. The number of nitrogens with zero attached hydrogens (tertiary/aromatic N) is 1. The van der Waals surface area contributed by atoms with Crippen LogP contribution in [0.1, 0.15) is 26.2 Å². The van der Waals surface area contributed by atoms with Gasteiger partial charge in [0.2, 0.25) is 0 Å². The SMILES string of the molecule is C#CCCNC1CCN(C)C(C)C1. The number of likely N-dealkylation sites (tertiary alicyclic amines) is 1. The summed E-state index contributed by atoms with van der Waals surface area (Å²) < 4.78 is 0. The summed E-state index contributed by atoms with van der Waals surface area (Å²) in [7, 11) is 2.20. The van der Waals surface area contributed by atoms with Crippen LogP contribution in [-0.2, 0) is 0 Å². The van der Waals surface area contributed by atoms with Crippen molar-refractivity contribution in [2.75, 3.05) is 20.1 Å². The molecular weight excluding hydrogens is 160 g/mol. The topological polar surface area (TPSA) is 15.3 Å². The zero-order valence-corrected chi connectivity index (χ0v) is 8.71. The van der Waals surface area contributed by atoms with Gasteiger partial charge in [-0.1, -0.05) is 0 Å². The van der Waals surface area contributed by atoms with Crippen LogP contribution in [0.4, 0.5) is 0 Å². The summed E-state index contributed by atoms with van der Waals surface area (Å²) in [6, 6.07) is 1.39. The van der Waals surface area contributed by atoms with Gasteiger partial charge in [0, 0.05) is 25.0 Å². The molecule has 2 nitrogen and oxygen atoms in total.